The van der Waals surface area contributed by atoms with Gasteiger partial charge in [0.05, 0.1) is 0 Å². The number of aromatic nitrogens is 2. The Morgan fingerprint density at radius 3 is 2.96 bits per heavy atom. The molecule has 0 radical (unpaired) electrons. The highest BCUT2D eigenvalue weighted by Gasteiger charge is 2.28. The Hall–Kier alpha value is -2.02. The number of nitrogens with one attached hydrogen (secondary N) is 1. The molecule has 7 heteroatoms. The Morgan fingerprint density at radius 1 is 1.29 bits per heavy atom. The van der Waals surface area contributed by atoms with Crippen LogP contribution in [-0.2, 0) is 13.1 Å². The molecule has 1 aromatic heterocycles. The lowest BCUT2D eigenvalue weighted by Crippen LogP contribution is -2.27. The predicted molar refractivity (Wildman–Crippen MR) is 83.9 cm³/mol. The van der Waals surface area contributed by atoms with Gasteiger partial charge in [-0.1, -0.05) is 18.2 Å². The van der Waals surface area contributed by atoms with Gasteiger partial charge in [-0.2, -0.15) is 13.2 Å². The smallest absolute Gasteiger partial charge is 0.422 e. The molecular formula is C17H20F3N3O. The van der Waals surface area contributed by atoms with Gasteiger partial charge in [0.1, 0.15) is 11.6 Å². The van der Waals surface area contributed by atoms with Gasteiger partial charge >= 0.3 is 6.18 Å². The molecule has 2 heterocycles. The molecule has 0 saturated carbocycles. The summed E-state index contributed by atoms with van der Waals surface area (Å²) < 4.78 is 44.1. The van der Waals surface area contributed by atoms with Crippen molar-refractivity contribution >= 4 is 0 Å². The fourth-order valence-electron chi connectivity index (χ4n) is 3.03. The Morgan fingerprint density at radius 2 is 2.12 bits per heavy atom. The average Bonchev–Trinajstić information content (AvgIpc) is 3.03. The van der Waals surface area contributed by atoms with Crippen molar-refractivity contribution in [2.75, 3.05) is 13.2 Å². The first-order valence-corrected chi connectivity index (χ1v) is 8.02. The number of aryl methyl sites for hydroxylation is 1. The van der Waals surface area contributed by atoms with E-state index in [9.17, 15) is 13.2 Å². The predicted octanol–water partition coefficient (Wildman–Crippen LogP) is 3.49. The molecule has 0 bridgehead atoms. The van der Waals surface area contributed by atoms with Crippen molar-refractivity contribution < 1.29 is 17.9 Å². The molecule has 0 unspecified atom stereocenters. The van der Waals surface area contributed by atoms with E-state index in [1.807, 2.05) is 12.4 Å². The minimum Gasteiger partial charge on any atom is -0.484 e. The molecule has 4 nitrogen and oxygen atoms in total. The lowest BCUT2D eigenvalue weighted by atomic mass is 9.99. The number of benzene rings is 1. The second-order valence-electron chi connectivity index (χ2n) is 5.96. The zero-order chi connectivity index (χ0) is 17.0. The van der Waals surface area contributed by atoms with Gasteiger partial charge in [0.25, 0.3) is 0 Å². The van der Waals surface area contributed by atoms with Crippen LogP contribution in [0.5, 0.6) is 5.75 Å². The summed E-state index contributed by atoms with van der Waals surface area (Å²) in [5, 5.41) is 3.33. The van der Waals surface area contributed by atoms with Crippen molar-refractivity contribution in [3.8, 4) is 5.75 Å². The van der Waals surface area contributed by atoms with E-state index in [0.29, 0.717) is 12.5 Å². The number of rotatable bonds is 6. The van der Waals surface area contributed by atoms with Gasteiger partial charge in [-0.15, -0.1) is 0 Å². The van der Waals surface area contributed by atoms with E-state index in [1.165, 1.54) is 0 Å². The molecular weight excluding hydrogens is 319 g/mol. The van der Waals surface area contributed by atoms with Gasteiger partial charge in [0.2, 0.25) is 0 Å². The minimum atomic E-state index is -4.33. The van der Waals surface area contributed by atoms with Gasteiger partial charge in [0, 0.05) is 43.5 Å². The third-order valence-electron chi connectivity index (χ3n) is 4.13. The molecule has 1 aliphatic rings. The average molecular weight is 339 g/mol. The summed E-state index contributed by atoms with van der Waals surface area (Å²) in [6.45, 7) is 0.930. The normalized spacial score (nSPS) is 17.5. The number of nitrogens with zero attached hydrogens (tertiary/aromatic N) is 2. The number of fused-ring (bicyclic) bond motifs is 1. The van der Waals surface area contributed by atoms with Crippen LogP contribution in [0, 0.1) is 0 Å². The molecule has 1 N–H and O–H groups in total. The highest BCUT2D eigenvalue weighted by Crippen LogP contribution is 2.26. The van der Waals surface area contributed by atoms with Crippen molar-refractivity contribution in [3.63, 3.8) is 0 Å². The molecule has 1 aliphatic heterocycles. The Labute approximate surface area is 138 Å². The fraction of sp³-hybridized carbons (Fsp3) is 0.471. The zero-order valence-corrected chi connectivity index (χ0v) is 13.2. The largest absolute Gasteiger partial charge is 0.484 e. The number of imidazole rings is 1. The van der Waals surface area contributed by atoms with Gasteiger partial charge in [-0.25, -0.2) is 4.98 Å². The summed E-state index contributed by atoms with van der Waals surface area (Å²) in [5.41, 5.74) is 0.723. The monoisotopic (exact) mass is 339 g/mol. The first-order chi connectivity index (χ1) is 11.5. The van der Waals surface area contributed by atoms with Crippen LogP contribution in [0.25, 0.3) is 0 Å². The number of para-hydroxylation sites is 1. The number of hydrogen-bond donors (Lipinski definition) is 1. The molecule has 0 saturated heterocycles. The first-order valence-electron chi connectivity index (χ1n) is 8.02. The third-order valence-corrected chi connectivity index (χ3v) is 4.13. The second kappa shape index (κ2) is 7.25. The first kappa shape index (κ1) is 16.8. The Balaban J connectivity index is 1.56. The summed E-state index contributed by atoms with van der Waals surface area (Å²) >= 11 is 0. The maximum absolute atomic E-state index is 12.3. The van der Waals surface area contributed by atoms with E-state index < -0.39 is 12.8 Å². The SMILES string of the molecule is FC(F)(F)COc1ccccc1CNC[C@@H]1CCCn2ccnc21. The standard InChI is InChI=1S/C17H20F3N3O/c18-17(19,20)12-24-15-6-2-1-4-13(15)10-21-11-14-5-3-8-23-9-7-22-16(14)23/h1-2,4,6-7,9,14,21H,3,5,8,10-12H2/t14-/m0/s1. The van der Waals surface area contributed by atoms with Crippen LogP contribution in [0.4, 0.5) is 13.2 Å². The van der Waals surface area contributed by atoms with E-state index in [-0.39, 0.29) is 5.75 Å². The van der Waals surface area contributed by atoms with Crippen molar-refractivity contribution in [1.29, 1.82) is 0 Å². The summed E-state index contributed by atoms with van der Waals surface area (Å²) in [6, 6.07) is 6.81. The van der Waals surface area contributed by atoms with Gasteiger partial charge in [-0.05, 0) is 18.9 Å². The third kappa shape index (κ3) is 4.29. The number of ether oxygens (including phenoxy) is 1. The van der Waals surface area contributed by atoms with Gasteiger partial charge in [-0.3, -0.25) is 0 Å². The highest BCUT2D eigenvalue weighted by atomic mass is 19.4. The zero-order valence-electron chi connectivity index (χ0n) is 13.2. The topological polar surface area (TPSA) is 39.1 Å². The van der Waals surface area contributed by atoms with E-state index in [0.717, 1.165) is 37.3 Å². The highest BCUT2D eigenvalue weighted by molar-refractivity contribution is 5.33. The maximum atomic E-state index is 12.3. The van der Waals surface area contributed by atoms with E-state index in [1.54, 1.807) is 24.3 Å². The molecule has 0 spiro atoms. The number of halogens is 3. The summed E-state index contributed by atoms with van der Waals surface area (Å²) in [4.78, 5) is 4.41. The van der Waals surface area contributed by atoms with Crippen molar-refractivity contribution in [1.82, 2.24) is 14.9 Å². The molecule has 1 aromatic carbocycles. The van der Waals surface area contributed by atoms with E-state index >= 15 is 0 Å². The fourth-order valence-corrected chi connectivity index (χ4v) is 3.03. The quantitative estimate of drug-likeness (QED) is 0.876. The van der Waals surface area contributed by atoms with Crippen LogP contribution >= 0.6 is 0 Å². The van der Waals surface area contributed by atoms with Crippen LogP contribution in [0.2, 0.25) is 0 Å². The van der Waals surface area contributed by atoms with Crippen molar-refractivity contribution in [2.24, 2.45) is 0 Å². The lowest BCUT2D eigenvalue weighted by Gasteiger charge is -2.24. The molecule has 1 atom stereocenters. The van der Waals surface area contributed by atoms with Crippen molar-refractivity contribution in [3.05, 3.63) is 48.0 Å². The molecule has 24 heavy (non-hydrogen) atoms. The van der Waals surface area contributed by atoms with Crippen LogP contribution in [-0.4, -0.2) is 28.9 Å². The van der Waals surface area contributed by atoms with Crippen LogP contribution < -0.4 is 10.1 Å². The van der Waals surface area contributed by atoms with Gasteiger partial charge < -0.3 is 14.6 Å². The molecule has 2 aromatic rings. The summed E-state index contributed by atoms with van der Waals surface area (Å²) in [7, 11) is 0. The molecule has 3 rings (SSSR count). The second-order valence-corrected chi connectivity index (χ2v) is 5.96. The minimum absolute atomic E-state index is 0.271. The molecule has 0 amide bonds. The van der Waals surface area contributed by atoms with Crippen LogP contribution in [0.3, 0.4) is 0 Å². The van der Waals surface area contributed by atoms with Crippen LogP contribution in [0.1, 0.15) is 30.1 Å². The number of hydrogen-bond acceptors (Lipinski definition) is 3. The lowest BCUT2D eigenvalue weighted by molar-refractivity contribution is -0.153. The molecule has 130 valence electrons. The summed E-state index contributed by atoms with van der Waals surface area (Å²) in [5.74, 6) is 1.68. The Bertz CT molecular complexity index is 669. The molecule has 0 aliphatic carbocycles. The maximum Gasteiger partial charge on any atom is 0.422 e. The molecule has 0 fully saturated rings. The van der Waals surface area contributed by atoms with E-state index in [4.69, 9.17) is 4.74 Å². The van der Waals surface area contributed by atoms with Crippen molar-refractivity contribution in [2.45, 2.75) is 38.0 Å². The van der Waals surface area contributed by atoms with Gasteiger partial charge in [0.15, 0.2) is 6.61 Å². The Kier molecular flexibility index (Phi) is 5.08. The summed E-state index contributed by atoms with van der Waals surface area (Å²) in [6.07, 6.45) is 1.65. The number of alkyl halides is 3. The van der Waals surface area contributed by atoms with E-state index in [2.05, 4.69) is 14.9 Å². The van der Waals surface area contributed by atoms with Crippen LogP contribution in [0.15, 0.2) is 36.7 Å².